The Hall–Kier alpha value is -3.43. The van der Waals surface area contributed by atoms with Gasteiger partial charge in [-0.15, -0.1) is 11.3 Å². The van der Waals surface area contributed by atoms with Gasteiger partial charge < -0.3 is 4.74 Å². The fourth-order valence-electron chi connectivity index (χ4n) is 4.30. The smallest absolute Gasteiger partial charge is 0.267 e. The third-order valence-corrected chi connectivity index (χ3v) is 8.19. The molecular formula is C28H28N4O3S2. The molecule has 0 unspecified atom stereocenters. The molecule has 1 amide bonds. The van der Waals surface area contributed by atoms with Crippen LogP contribution in [0.25, 0.3) is 15.9 Å². The second kappa shape index (κ2) is 11.7. The molecule has 37 heavy (non-hydrogen) atoms. The summed E-state index contributed by atoms with van der Waals surface area (Å²) in [4.78, 5) is 33.2. The van der Waals surface area contributed by atoms with Crippen LogP contribution in [0, 0.1) is 0 Å². The summed E-state index contributed by atoms with van der Waals surface area (Å²) in [5, 5.41) is 5.31. The number of amides is 1. The summed E-state index contributed by atoms with van der Waals surface area (Å²) in [6.45, 7) is 2.74. The lowest BCUT2D eigenvalue weighted by molar-refractivity contribution is -0.118. The van der Waals surface area contributed by atoms with E-state index in [0.29, 0.717) is 11.8 Å². The van der Waals surface area contributed by atoms with E-state index in [2.05, 4.69) is 17.5 Å². The number of aromatic nitrogens is 2. The van der Waals surface area contributed by atoms with E-state index in [9.17, 15) is 9.59 Å². The number of thioether (sulfide) groups is 1. The van der Waals surface area contributed by atoms with Crippen LogP contribution in [-0.2, 0) is 17.6 Å². The molecule has 0 atom stereocenters. The molecule has 0 fully saturated rings. The van der Waals surface area contributed by atoms with Crippen LogP contribution in [0.5, 0.6) is 5.75 Å². The molecule has 0 saturated carbocycles. The second-order valence-corrected chi connectivity index (χ2v) is 10.8. The first-order valence-electron chi connectivity index (χ1n) is 12.4. The molecule has 9 heteroatoms. The van der Waals surface area contributed by atoms with Gasteiger partial charge in [0.15, 0.2) is 5.16 Å². The monoisotopic (exact) mass is 532 g/mol. The lowest BCUT2D eigenvalue weighted by Crippen LogP contribution is -2.24. The summed E-state index contributed by atoms with van der Waals surface area (Å²) in [5.41, 5.74) is 5.25. The number of hydrogen-bond donors (Lipinski definition) is 1. The van der Waals surface area contributed by atoms with Crippen molar-refractivity contribution in [2.45, 2.75) is 44.2 Å². The zero-order chi connectivity index (χ0) is 25.6. The number of aryl methyl sites for hydroxylation is 2. The lowest BCUT2D eigenvalue weighted by atomic mass is 9.97. The van der Waals surface area contributed by atoms with Crippen molar-refractivity contribution >= 4 is 45.4 Å². The van der Waals surface area contributed by atoms with Gasteiger partial charge >= 0.3 is 0 Å². The minimum absolute atomic E-state index is 0.0668. The number of fused-ring (bicyclic) bond motifs is 3. The van der Waals surface area contributed by atoms with Crippen LogP contribution in [-0.4, -0.2) is 34.0 Å². The summed E-state index contributed by atoms with van der Waals surface area (Å²) in [6, 6.07) is 17.0. The highest BCUT2D eigenvalue weighted by atomic mass is 32.2. The van der Waals surface area contributed by atoms with Gasteiger partial charge in [0.2, 0.25) is 0 Å². The predicted octanol–water partition coefficient (Wildman–Crippen LogP) is 5.36. The lowest BCUT2D eigenvalue weighted by Gasteiger charge is -2.13. The second-order valence-electron chi connectivity index (χ2n) is 8.76. The molecule has 190 valence electrons. The van der Waals surface area contributed by atoms with Crippen LogP contribution in [0.2, 0.25) is 0 Å². The van der Waals surface area contributed by atoms with Crippen molar-refractivity contribution in [3.05, 3.63) is 81.0 Å². The number of thiophene rings is 1. The van der Waals surface area contributed by atoms with Crippen LogP contribution in [0.15, 0.2) is 69.6 Å². The molecule has 2 heterocycles. The molecule has 0 spiro atoms. The number of rotatable bonds is 9. The van der Waals surface area contributed by atoms with Crippen LogP contribution in [0.4, 0.5) is 0 Å². The van der Waals surface area contributed by atoms with Gasteiger partial charge in [0.05, 0.1) is 29.6 Å². The third-order valence-electron chi connectivity index (χ3n) is 6.06. The van der Waals surface area contributed by atoms with Crippen molar-refractivity contribution < 1.29 is 9.53 Å². The molecule has 7 nitrogen and oxygen atoms in total. The summed E-state index contributed by atoms with van der Waals surface area (Å²) >= 11 is 2.85. The van der Waals surface area contributed by atoms with E-state index in [1.165, 1.54) is 16.6 Å². The zero-order valence-corrected chi connectivity index (χ0v) is 22.2. The maximum atomic E-state index is 13.7. The normalized spacial score (nSPS) is 13.1. The minimum Gasteiger partial charge on any atom is -0.494 e. The van der Waals surface area contributed by atoms with E-state index in [-0.39, 0.29) is 17.2 Å². The van der Waals surface area contributed by atoms with Crippen LogP contribution in [0.3, 0.4) is 0 Å². The molecule has 4 aromatic rings. The summed E-state index contributed by atoms with van der Waals surface area (Å²) < 4.78 is 7.21. The maximum absolute atomic E-state index is 13.7. The van der Waals surface area contributed by atoms with Gasteiger partial charge in [-0.2, -0.15) is 5.10 Å². The number of nitrogens with zero attached hydrogens (tertiary/aromatic N) is 3. The Morgan fingerprint density at radius 3 is 2.73 bits per heavy atom. The van der Waals surface area contributed by atoms with Crippen LogP contribution in [0.1, 0.15) is 42.2 Å². The fraction of sp³-hybridized carbons (Fsp3) is 0.286. The molecule has 2 aromatic carbocycles. The van der Waals surface area contributed by atoms with Gasteiger partial charge in [-0.05, 0) is 79.6 Å². The largest absolute Gasteiger partial charge is 0.494 e. The highest BCUT2D eigenvalue weighted by Crippen LogP contribution is 2.35. The maximum Gasteiger partial charge on any atom is 0.267 e. The Morgan fingerprint density at radius 2 is 1.95 bits per heavy atom. The van der Waals surface area contributed by atoms with Gasteiger partial charge in [-0.1, -0.05) is 36.9 Å². The van der Waals surface area contributed by atoms with Gasteiger partial charge in [-0.3, -0.25) is 14.2 Å². The molecular weight excluding hydrogens is 504 g/mol. The quantitative estimate of drug-likeness (QED) is 0.136. The van der Waals surface area contributed by atoms with Crippen molar-refractivity contribution in [1.29, 1.82) is 0 Å². The SMILES string of the molecule is CCCOc1ccc(/C=N/NC(=O)CSc2nc3sc4c(c3c(=O)n2-c2ccccc2)CCCC4)cc1. The Kier molecular flexibility index (Phi) is 8.01. The third kappa shape index (κ3) is 5.78. The van der Waals surface area contributed by atoms with E-state index >= 15 is 0 Å². The average Bonchev–Trinajstić information content (AvgIpc) is 3.31. The number of carbonyl (C=O) groups is 1. The van der Waals surface area contributed by atoms with E-state index in [1.807, 2.05) is 54.6 Å². The van der Waals surface area contributed by atoms with Gasteiger partial charge in [0.25, 0.3) is 11.5 Å². The molecule has 2 aromatic heterocycles. The highest BCUT2D eigenvalue weighted by molar-refractivity contribution is 7.99. The first-order chi connectivity index (χ1) is 18.1. The summed E-state index contributed by atoms with van der Waals surface area (Å²) in [7, 11) is 0. The van der Waals surface area contributed by atoms with Crippen LogP contribution >= 0.6 is 23.1 Å². The van der Waals surface area contributed by atoms with Crippen molar-refractivity contribution in [2.75, 3.05) is 12.4 Å². The molecule has 1 aliphatic carbocycles. The number of carbonyl (C=O) groups excluding carboxylic acids is 1. The highest BCUT2D eigenvalue weighted by Gasteiger charge is 2.23. The molecule has 0 saturated heterocycles. The van der Waals surface area contributed by atoms with Crippen molar-refractivity contribution in [1.82, 2.24) is 15.0 Å². The number of ether oxygens (including phenoxy) is 1. The number of hydrogen-bond acceptors (Lipinski definition) is 7. The number of hydrazone groups is 1. The van der Waals surface area contributed by atoms with E-state index < -0.39 is 0 Å². The Bertz CT molecular complexity index is 1480. The molecule has 0 bridgehead atoms. The Labute approximate surface area is 223 Å². The van der Waals surface area contributed by atoms with E-state index in [0.717, 1.165) is 64.9 Å². The molecule has 1 N–H and O–H groups in total. The van der Waals surface area contributed by atoms with Crippen molar-refractivity contribution in [3.63, 3.8) is 0 Å². The Balaban J connectivity index is 1.32. The fourth-order valence-corrected chi connectivity index (χ4v) is 6.41. The Morgan fingerprint density at radius 1 is 1.16 bits per heavy atom. The minimum atomic E-state index is -0.274. The molecule has 0 aliphatic heterocycles. The van der Waals surface area contributed by atoms with Gasteiger partial charge in [0.1, 0.15) is 10.6 Å². The van der Waals surface area contributed by atoms with E-state index in [1.54, 1.807) is 22.1 Å². The number of nitrogens with one attached hydrogen (secondary N) is 1. The zero-order valence-electron chi connectivity index (χ0n) is 20.6. The van der Waals surface area contributed by atoms with Crippen LogP contribution < -0.4 is 15.7 Å². The first-order valence-corrected chi connectivity index (χ1v) is 14.2. The molecule has 5 rings (SSSR count). The van der Waals surface area contributed by atoms with Gasteiger partial charge in [0, 0.05) is 4.88 Å². The average molecular weight is 533 g/mol. The van der Waals surface area contributed by atoms with Crippen molar-refractivity contribution in [2.24, 2.45) is 5.10 Å². The summed E-state index contributed by atoms with van der Waals surface area (Å²) in [6.07, 6.45) is 6.70. The van der Waals surface area contributed by atoms with Crippen molar-refractivity contribution in [3.8, 4) is 11.4 Å². The number of para-hydroxylation sites is 1. The topological polar surface area (TPSA) is 85.6 Å². The standard InChI is InChI=1S/C28H28N4O3S2/c1-2-16-35-21-14-12-19(13-15-21)17-29-31-24(33)18-36-28-30-26-25(22-10-6-7-11-23(22)37-26)27(34)32(28)20-8-4-3-5-9-20/h3-5,8-9,12-15,17H,2,6-7,10-11,16,18H2,1H3,(H,31,33)/b29-17+. The first kappa shape index (κ1) is 25.2. The molecule has 0 radical (unpaired) electrons. The predicted molar refractivity (Wildman–Crippen MR) is 151 cm³/mol. The van der Waals surface area contributed by atoms with E-state index in [4.69, 9.17) is 9.72 Å². The number of benzene rings is 2. The molecule has 1 aliphatic rings. The van der Waals surface area contributed by atoms with Gasteiger partial charge in [-0.25, -0.2) is 10.4 Å². The summed E-state index contributed by atoms with van der Waals surface area (Å²) in [5.74, 6) is 0.611.